The van der Waals surface area contributed by atoms with E-state index in [4.69, 9.17) is 39.0 Å². The van der Waals surface area contributed by atoms with Crippen LogP contribution in [0.15, 0.2) is 29.7 Å². The van der Waals surface area contributed by atoms with Crippen LogP contribution in [0.2, 0.25) is 5.02 Å². The number of rotatable bonds is 7. The van der Waals surface area contributed by atoms with Crippen LogP contribution in [0, 0.1) is 0 Å². The minimum absolute atomic E-state index is 0.195. The second-order valence-corrected chi connectivity index (χ2v) is 6.95. The number of hydrogen-bond donors (Lipinski definition) is 1. The quantitative estimate of drug-likeness (QED) is 0.432. The van der Waals surface area contributed by atoms with Gasteiger partial charge < -0.3 is 15.2 Å². The standard InChI is InChI=1S/C16H15ClN2O4S2/c1-3-4-19-15(21)12(25-16(19)24)7-9-5-10(17)14(11(6-9)22-2)23-8-13(18)20/h3,5-7H,1,4,8H2,2H3,(H2,18,20). The van der Waals surface area contributed by atoms with Crippen LogP contribution in [0.5, 0.6) is 11.5 Å². The molecule has 1 fully saturated rings. The lowest BCUT2D eigenvalue weighted by molar-refractivity contribution is -0.122. The van der Waals surface area contributed by atoms with E-state index in [1.807, 2.05) is 0 Å². The van der Waals surface area contributed by atoms with Crippen LogP contribution in [0.4, 0.5) is 0 Å². The molecule has 0 atom stereocenters. The molecule has 0 radical (unpaired) electrons. The summed E-state index contributed by atoms with van der Waals surface area (Å²) in [7, 11) is 1.44. The Bertz CT molecular complexity index is 780. The number of primary amides is 1. The number of hydrogen-bond acceptors (Lipinski definition) is 6. The first-order valence-electron chi connectivity index (χ1n) is 7.02. The Morgan fingerprint density at radius 3 is 2.84 bits per heavy atom. The fraction of sp³-hybridized carbons (Fsp3) is 0.188. The second-order valence-electron chi connectivity index (χ2n) is 4.87. The number of halogens is 1. The molecular weight excluding hydrogens is 384 g/mol. The molecule has 0 spiro atoms. The maximum absolute atomic E-state index is 12.4. The van der Waals surface area contributed by atoms with Crippen LogP contribution in [-0.4, -0.2) is 41.3 Å². The lowest BCUT2D eigenvalue weighted by Crippen LogP contribution is -2.27. The molecule has 1 aromatic rings. The Hall–Kier alpha value is -2.03. The molecular formula is C16H15ClN2O4S2. The molecule has 2 amide bonds. The van der Waals surface area contributed by atoms with Gasteiger partial charge in [0.1, 0.15) is 4.32 Å². The van der Waals surface area contributed by atoms with Gasteiger partial charge in [0.25, 0.3) is 11.8 Å². The lowest BCUT2D eigenvalue weighted by Gasteiger charge is -2.12. The number of methoxy groups -OCH3 is 1. The van der Waals surface area contributed by atoms with E-state index in [1.54, 1.807) is 24.3 Å². The first-order chi connectivity index (χ1) is 11.9. The summed E-state index contributed by atoms with van der Waals surface area (Å²) in [5.74, 6) is -0.298. The van der Waals surface area contributed by atoms with E-state index in [2.05, 4.69) is 6.58 Å². The molecule has 9 heteroatoms. The summed E-state index contributed by atoms with van der Waals surface area (Å²) >= 11 is 12.6. The average Bonchev–Trinajstić information content (AvgIpc) is 2.81. The van der Waals surface area contributed by atoms with Crippen molar-refractivity contribution >= 4 is 57.8 Å². The van der Waals surface area contributed by atoms with E-state index < -0.39 is 5.91 Å². The Labute approximate surface area is 159 Å². The minimum Gasteiger partial charge on any atom is -0.493 e. The van der Waals surface area contributed by atoms with Gasteiger partial charge in [-0.25, -0.2) is 0 Å². The molecule has 25 heavy (non-hydrogen) atoms. The van der Waals surface area contributed by atoms with Gasteiger partial charge in [-0.3, -0.25) is 14.5 Å². The highest BCUT2D eigenvalue weighted by atomic mass is 35.5. The van der Waals surface area contributed by atoms with Crippen LogP contribution in [0.25, 0.3) is 6.08 Å². The summed E-state index contributed by atoms with van der Waals surface area (Å²) in [5.41, 5.74) is 5.70. The smallest absolute Gasteiger partial charge is 0.266 e. The zero-order chi connectivity index (χ0) is 18.6. The molecule has 1 saturated heterocycles. The summed E-state index contributed by atoms with van der Waals surface area (Å²) in [6.07, 6.45) is 3.27. The number of carbonyl (C=O) groups excluding carboxylic acids is 2. The number of amides is 2. The number of nitrogens with two attached hydrogens (primary N) is 1. The molecule has 6 nitrogen and oxygen atoms in total. The summed E-state index contributed by atoms with van der Waals surface area (Å²) in [6.45, 7) is 3.64. The van der Waals surface area contributed by atoms with Crippen LogP contribution in [0.1, 0.15) is 5.56 Å². The first kappa shape index (κ1) is 19.3. The van der Waals surface area contributed by atoms with E-state index in [1.165, 1.54) is 23.8 Å². The molecule has 0 saturated carbocycles. The summed E-state index contributed by atoms with van der Waals surface area (Å²) in [5, 5.41) is 0.230. The van der Waals surface area contributed by atoms with E-state index in [9.17, 15) is 9.59 Å². The molecule has 0 unspecified atom stereocenters. The monoisotopic (exact) mass is 398 g/mol. The molecule has 1 heterocycles. The van der Waals surface area contributed by atoms with Gasteiger partial charge in [0.15, 0.2) is 18.1 Å². The number of ether oxygens (including phenoxy) is 2. The van der Waals surface area contributed by atoms with E-state index >= 15 is 0 Å². The van der Waals surface area contributed by atoms with Crippen molar-refractivity contribution in [3.8, 4) is 11.5 Å². The number of carbonyl (C=O) groups is 2. The first-order valence-corrected chi connectivity index (χ1v) is 8.62. The fourth-order valence-electron chi connectivity index (χ4n) is 2.04. The van der Waals surface area contributed by atoms with E-state index in [0.29, 0.717) is 27.1 Å². The molecule has 0 aliphatic carbocycles. The summed E-state index contributed by atoms with van der Waals surface area (Å²) < 4.78 is 11.0. The Morgan fingerprint density at radius 2 is 2.24 bits per heavy atom. The van der Waals surface area contributed by atoms with Crippen LogP contribution < -0.4 is 15.2 Å². The van der Waals surface area contributed by atoms with Crippen molar-refractivity contribution in [2.45, 2.75) is 0 Å². The fourth-order valence-corrected chi connectivity index (χ4v) is 3.59. The van der Waals surface area contributed by atoms with Crippen LogP contribution in [0.3, 0.4) is 0 Å². The zero-order valence-corrected chi connectivity index (χ0v) is 15.7. The molecule has 1 aliphatic rings. The van der Waals surface area contributed by atoms with Gasteiger partial charge in [-0.05, 0) is 23.8 Å². The molecule has 132 valence electrons. The van der Waals surface area contributed by atoms with Gasteiger partial charge in [-0.2, -0.15) is 0 Å². The third-order valence-electron chi connectivity index (χ3n) is 3.09. The number of nitrogens with zero attached hydrogens (tertiary/aromatic N) is 1. The van der Waals surface area contributed by atoms with Gasteiger partial charge in [0.2, 0.25) is 0 Å². The Balaban J connectivity index is 2.33. The normalized spacial score (nSPS) is 15.6. The molecule has 1 aliphatic heterocycles. The maximum Gasteiger partial charge on any atom is 0.266 e. The van der Waals surface area contributed by atoms with E-state index in [0.717, 1.165) is 0 Å². The van der Waals surface area contributed by atoms with Crippen molar-refractivity contribution in [2.24, 2.45) is 5.73 Å². The van der Waals surface area contributed by atoms with Crippen molar-refractivity contribution in [2.75, 3.05) is 20.3 Å². The summed E-state index contributed by atoms with van der Waals surface area (Å²) in [6, 6.07) is 3.24. The van der Waals surface area contributed by atoms with Crippen LogP contribution in [-0.2, 0) is 9.59 Å². The largest absolute Gasteiger partial charge is 0.493 e. The summed E-state index contributed by atoms with van der Waals surface area (Å²) in [4.78, 5) is 25.2. The van der Waals surface area contributed by atoms with Crippen molar-refractivity contribution in [1.82, 2.24) is 4.90 Å². The third-order valence-corrected chi connectivity index (χ3v) is 4.75. The van der Waals surface area contributed by atoms with E-state index in [-0.39, 0.29) is 23.3 Å². The number of benzene rings is 1. The molecule has 1 aromatic carbocycles. The highest BCUT2D eigenvalue weighted by molar-refractivity contribution is 8.26. The Kier molecular flexibility index (Phi) is 6.46. The highest BCUT2D eigenvalue weighted by Crippen LogP contribution is 2.38. The molecule has 0 aromatic heterocycles. The van der Waals surface area contributed by atoms with Crippen molar-refractivity contribution < 1.29 is 19.1 Å². The molecule has 2 N–H and O–H groups in total. The van der Waals surface area contributed by atoms with Gasteiger partial charge in [0, 0.05) is 6.54 Å². The Morgan fingerprint density at radius 1 is 1.52 bits per heavy atom. The molecule has 0 bridgehead atoms. The average molecular weight is 399 g/mol. The van der Waals surface area contributed by atoms with Gasteiger partial charge in [-0.15, -0.1) is 6.58 Å². The second kappa shape index (κ2) is 8.37. The zero-order valence-electron chi connectivity index (χ0n) is 13.3. The maximum atomic E-state index is 12.4. The topological polar surface area (TPSA) is 81.9 Å². The number of thioether (sulfide) groups is 1. The number of thiocarbonyl (C=S) groups is 1. The van der Waals surface area contributed by atoms with Crippen molar-refractivity contribution in [1.29, 1.82) is 0 Å². The predicted molar refractivity (Wildman–Crippen MR) is 103 cm³/mol. The predicted octanol–water partition coefficient (Wildman–Crippen LogP) is 2.60. The molecule has 2 rings (SSSR count). The minimum atomic E-state index is -0.631. The van der Waals surface area contributed by atoms with Crippen molar-refractivity contribution in [3.63, 3.8) is 0 Å². The van der Waals surface area contributed by atoms with Gasteiger partial charge >= 0.3 is 0 Å². The third kappa shape index (κ3) is 4.53. The SMILES string of the molecule is C=CCN1C(=O)C(=Cc2cc(Cl)c(OCC(N)=O)c(OC)c2)SC1=S. The van der Waals surface area contributed by atoms with Crippen molar-refractivity contribution in [3.05, 3.63) is 40.3 Å². The lowest BCUT2D eigenvalue weighted by atomic mass is 10.1. The highest BCUT2D eigenvalue weighted by Gasteiger charge is 2.31. The van der Waals surface area contributed by atoms with Crippen LogP contribution >= 0.6 is 35.6 Å². The van der Waals surface area contributed by atoms with Gasteiger partial charge in [-0.1, -0.05) is 41.7 Å². The van der Waals surface area contributed by atoms with Gasteiger partial charge in [0.05, 0.1) is 17.0 Å².